The maximum atomic E-state index is 10.5. The van der Waals surface area contributed by atoms with Crippen molar-refractivity contribution in [3.05, 3.63) is 35.9 Å². The average Bonchev–Trinajstić information content (AvgIpc) is 2.19. The summed E-state index contributed by atoms with van der Waals surface area (Å²) in [5.74, 6) is 2.17. The molecule has 1 N–H and O–H groups in total. The average molecular weight is 253 g/mol. The number of benzene rings is 1. The van der Waals surface area contributed by atoms with Crippen LogP contribution in [0.4, 0.5) is 0 Å². The minimum absolute atomic E-state index is 0.151. The summed E-state index contributed by atoms with van der Waals surface area (Å²) in [4.78, 5) is 13.1. The molecule has 2 nitrogen and oxygen atoms in total. The Bertz CT molecular complexity index is 362. The molecule has 0 saturated heterocycles. The van der Waals surface area contributed by atoms with Crippen LogP contribution in [0.3, 0.4) is 0 Å². The zero-order valence-corrected chi connectivity index (χ0v) is 9.44. The molecule has 0 amide bonds. The van der Waals surface area contributed by atoms with E-state index in [0.29, 0.717) is 0 Å². The molecule has 1 aromatic rings. The molecular weight excluding hydrogens is 243 g/mol. The van der Waals surface area contributed by atoms with Crippen LogP contribution < -0.4 is 0 Å². The van der Waals surface area contributed by atoms with Crippen molar-refractivity contribution < 1.29 is 9.90 Å². The van der Waals surface area contributed by atoms with Gasteiger partial charge in [-0.2, -0.15) is 0 Å². The fourth-order valence-electron chi connectivity index (χ4n) is 0.749. The zero-order chi connectivity index (χ0) is 10.4. The Labute approximate surface area is 89.5 Å². The molecule has 1 atom stereocenters. The Morgan fingerprint density at radius 2 is 2.07 bits per heavy atom. The van der Waals surface area contributed by atoms with Crippen molar-refractivity contribution >= 4 is 20.9 Å². The molecule has 0 aliphatic carbocycles. The Hall–Kier alpha value is -1.23. The molecule has 0 fully saturated rings. The van der Waals surface area contributed by atoms with E-state index in [1.54, 1.807) is 6.92 Å². The van der Waals surface area contributed by atoms with Gasteiger partial charge in [-0.1, -0.05) is 0 Å². The van der Waals surface area contributed by atoms with E-state index in [9.17, 15) is 4.79 Å². The van der Waals surface area contributed by atoms with Crippen LogP contribution in [0, 0.1) is 10.7 Å². The van der Waals surface area contributed by atoms with Gasteiger partial charge in [0.2, 0.25) is 0 Å². The van der Waals surface area contributed by atoms with Gasteiger partial charge < -0.3 is 0 Å². The molecule has 14 heavy (non-hydrogen) atoms. The van der Waals surface area contributed by atoms with Crippen molar-refractivity contribution in [2.75, 3.05) is 0 Å². The Kier molecular flexibility index (Phi) is 4.25. The Morgan fingerprint density at radius 3 is 2.64 bits per heavy atom. The number of rotatable bonds is 2. The summed E-state index contributed by atoms with van der Waals surface area (Å²) in [5, 5.41) is 8.63. The van der Waals surface area contributed by atoms with Crippen LogP contribution in [-0.4, -0.2) is 26.0 Å². The van der Waals surface area contributed by atoms with Crippen molar-refractivity contribution in [3.8, 4) is 10.7 Å². The molecule has 0 aromatic heterocycles. The fraction of sp³-hybridized carbons (Fsp3) is 0.182. The SMILES string of the molecule is CC([Se]C#Cc1ccccc1)C(=O)O. The minimum atomic E-state index is -0.771. The summed E-state index contributed by atoms with van der Waals surface area (Å²) in [7, 11) is 0. The number of hydrogen-bond acceptors (Lipinski definition) is 1. The van der Waals surface area contributed by atoms with Crippen molar-refractivity contribution in [3.63, 3.8) is 0 Å². The first-order chi connectivity index (χ1) is 6.70. The fourth-order valence-corrected chi connectivity index (χ4v) is 1.70. The van der Waals surface area contributed by atoms with Gasteiger partial charge >= 0.3 is 89.2 Å². The molecule has 1 unspecified atom stereocenters. The normalized spacial score (nSPS) is 11.2. The third kappa shape index (κ3) is 3.66. The Morgan fingerprint density at radius 1 is 1.43 bits per heavy atom. The van der Waals surface area contributed by atoms with Crippen LogP contribution in [0.1, 0.15) is 12.5 Å². The van der Waals surface area contributed by atoms with Gasteiger partial charge in [0.1, 0.15) is 0 Å². The summed E-state index contributed by atoms with van der Waals surface area (Å²) < 4.78 is 0. The maximum absolute atomic E-state index is 10.5. The van der Waals surface area contributed by atoms with E-state index in [-0.39, 0.29) is 19.8 Å². The summed E-state index contributed by atoms with van der Waals surface area (Å²) in [6, 6.07) is 9.58. The van der Waals surface area contributed by atoms with E-state index >= 15 is 0 Å². The van der Waals surface area contributed by atoms with E-state index in [4.69, 9.17) is 5.11 Å². The topological polar surface area (TPSA) is 37.3 Å². The molecule has 0 saturated carbocycles. The van der Waals surface area contributed by atoms with E-state index < -0.39 is 5.97 Å². The summed E-state index contributed by atoms with van der Waals surface area (Å²) >= 11 is -0.151. The second-order valence-electron chi connectivity index (χ2n) is 2.69. The second kappa shape index (κ2) is 5.49. The molecule has 0 aliphatic heterocycles. The van der Waals surface area contributed by atoms with E-state index in [2.05, 4.69) is 10.7 Å². The van der Waals surface area contributed by atoms with Crippen molar-refractivity contribution in [1.82, 2.24) is 0 Å². The number of carboxylic acids is 1. The molecule has 1 rings (SSSR count). The monoisotopic (exact) mass is 254 g/mol. The quantitative estimate of drug-likeness (QED) is 0.642. The van der Waals surface area contributed by atoms with Gasteiger partial charge in [-0.25, -0.2) is 0 Å². The summed E-state index contributed by atoms with van der Waals surface area (Å²) in [6.07, 6.45) is 0. The molecule has 0 radical (unpaired) electrons. The van der Waals surface area contributed by atoms with Crippen molar-refractivity contribution in [2.24, 2.45) is 0 Å². The molecule has 0 bridgehead atoms. The van der Waals surface area contributed by atoms with Gasteiger partial charge in [-0.3, -0.25) is 0 Å². The van der Waals surface area contributed by atoms with Gasteiger partial charge in [-0.05, 0) is 0 Å². The summed E-state index contributed by atoms with van der Waals surface area (Å²) in [6.45, 7) is 1.68. The standard InChI is InChI=1S/C11H10O2Se/c1-9(11(12)13)14-8-7-10-5-3-2-4-6-10/h2-6,9H,1H3,(H,12,13). The van der Waals surface area contributed by atoms with Gasteiger partial charge in [0.25, 0.3) is 0 Å². The second-order valence-corrected chi connectivity index (χ2v) is 5.10. The van der Waals surface area contributed by atoms with Crippen molar-refractivity contribution in [1.29, 1.82) is 0 Å². The first-order valence-corrected chi connectivity index (χ1v) is 5.99. The first-order valence-electron chi connectivity index (χ1n) is 4.14. The third-order valence-electron chi connectivity index (χ3n) is 1.55. The van der Waals surface area contributed by atoms with Crippen molar-refractivity contribution in [2.45, 2.75) is 11.7 Å². The molecule has 0 heterocycles. The number of aliphatic carboxylic acids is 1. The van der Waals surface area contributed by atoms with E-state index in [1.165, 1.54) is 0 Å². The van der Waals surface area contributed by atoms with Crippen LogP contribution in [0.25, 0.3) is 0 Å². The first kappa shape index (κ1) is 10.8. The van der Waals surface area contributed by atoms with Crippen LogP contribution in [0.15, 0.2) is 30.3 Å². The van der Waals surface area contributed by atoms with E-state index in [1.807, 2.05) is 30.3 Å². The molecule has 0 spiro atoms. The Balaban J connectivity index is 2.53. The predicted octanol–water partition coefficient (Wildman–Crippen LogP) is 1.59. The summed E-state index contributed by atoms with van der Waals surface area (Å²) in [5.41, 5.74) is 0.937. The van der Waals surface area contributed by atoms with E-state index in [0.717, 1.165) is 5.56 Å². The van der Waals surface area contributed by atoms with Gasteiger partial charge in [-0.15, -0.1) is 0 Å². The number of carbonyl (C=O) groups is 1. The molecule has 3 heteroatoms. The van der Waals surface area contributed by atoms with Gasteiger partial charge in [0.15, 0.2) is 0 Å². The molecule has 0 aliphatic rings. The van der Waals surface area contributed by atoms with Crippen LogP contribution in [0.2, 0.25) is 4.82 Å². The molecular formula is C11H10O2Se. The molecule has 72 valence electrons. The number of hydrogen-bond donors (Lipinski definition) is 1. The van der Waals surface area contributed by atoms with Gasteiger partial charge in [0.05, 0.1) is 0 Å². The van der Waals surface area contributed by atoms with Gasteiger partial charge in [0, 0.05) is 0 Å². The molecule has 1 aromatic carbocycles. The number of carboxylic acid groups (broad SMARTS) is 1. The van der Waals surface area contributed by atoms with Crippen LogP contribution >= 0.6 is 0 Å². The zero-order valence-electron chi connectivity index (χ0n) is 7.73. The van der Waals surface area contributed by atoms with Crippen LogP contribution in [-0.2, 0) is 4.79 Å². The van der Waals surface area contributed by atoms with Crippen LogP contribution in [0.5, 0.6) is 0 Å². The third-order valence-corrected chi connectivity index (χ3v) is 3.18. The predicted molar refractivity (Wildman–Crippen MR) is 56.1 cm³/mol.